The maximum atomic E-state index is 11.7. The Kier molecular flexibility index (Phi) is 3.51. The SMILES string of the molecule is CC1CCN(C(=O)C(C)C#N)C(C)C1. The second-order valence-corrected chi connectivity index (χ2v) is 4.36. The van der Waals surface area contributed by atoms with E-state index in [2.05, 4.69) is 13.8 Å². The van der Waals surface area contributed by atoms with E-state index >= 15 is 0 Å². The number of carbonyl (C=O) groups is 1. The van der Waals surface area contributed by atoms with Gasteiger partial charge in [0, 0.05) is 12.6 Å². The smallest absolute Gasteiger partial charge is 0.239 e. The van der Waals surface area contributed by atoms with E-state index < -0.39 is 5.92 Å². The summed E-state index contributed by atoms with van der Waals surface area (Å²) in [4.78, 5) is 13.6. The molecule has 14 heavy (non-hydrogen) atoms. The van der Waals surface area contributed by atoms with Crippen LogP contribution in [0.1, 0.15) is 33.6 Å². The van der Waals surface area contributed by atoms with Crippen molar-refractivity contribution in [2.75, 3.05) is 6.54 Å². The Morgan fingerprint density at radius 3 is 2.71 bits per heavy atom. The van der Waals surface area contributed by atoms with Crippen LogP contribution in [0.5, 0.6) is 0 Å². The Hall–Kier alpha value is -1.04. The first kappa shape index (κ1) is 11.0. The molecule has 1 amide bonds. The number of amides is 1. The predicted molar refractivity (Wildman–Crippen MR) is 54.4 cm³/mol. The van der Waals surface area contributed by atoms with Crippen LogP contribution in [-0.2, 0) is 4.79 Å². The van der Waals surface area contributed by atoms with Crippen molar-refractivity contribution in [1.82, 2.24) is 4.90 Å². The van der Waals surface area contributed by atoms with Gasteiger partial charge in [-0.15, -0.1) is 0 Å². The van der Waals surface area contributed by atoms with Gasteiger partial charge in [-0.05, 0) is 32.6 Å². The highest BCUT2D eigenvalue weighted by atomic mass is 16.2. The van der Waals surface area contributed by atoms with E-state index in [-0.39, 0.29) is 5.91 Å². The van der Waals surface area contributed by atoms with Crippen molar-refractivity contribution in [3.63, 3.8) is 0 Å². The molecule has 0 bridgehead atoms. The van der Waals surface area contributed by atoms with Crippen LogP contribution in [0.15, 0.2) is 0 Å². The Labute approximate surface area is 85.7 Å². The Morgan fingerprint density at radius 1 is 1.57 bits per heavy atom. The first-order valence-electron chi connectivity index (χ1n) is 5.26. The molecular formula is C11H18N2O. The average Bonchev–Trinajstić information content (AvgIpc) is 2.15. The summed E-state index contributed by atoms with van der Waals surface area (Å²) in [5.74, 6) is 0.198. The number of carbonyl (C=O) groups excluding carboxylic acids is 1. The molecular weight excluding hydrogens is 176 g/mol. The molecule has 0 saturated carbocycles. The minimum atomic E-state index is -0.495. The van der Waals surface area contributed by atoms with Gasteiger partial charge in [0.1, 0.15) is 5.92 Å². The van der Waals surface area contributed by atoms with Gasteiger partial charge in [0.25, 0.3) is 0 Å². The Bertz CT molecular complexity index is 257. The third-order valence-electron chi connectivity index (χ3n) is 2.99. The van der Waals surface area contributed by atoms with Gasteiger partial charge in [0.05, 0.1) is 6.07 Å². The van der Waals surface area contributed by atoms with E-state index in [9.17, 15) is 4.79 Å². The van der Waals surface area contributed by atoms with Crippen molar-refractivity contribution in [3.8, 4) is 6.07 Å². The fraction of sp³-hybridized carbons (Fsp3) is 0.818. The normalized spacial score (nSPS) is 29.4. The fourth-order valence-electron chi connectivity index (χ4n) is 2.04. The number of hydrogen-bond donors (Lipinski definition) is 0. The topological polar surface area (TPSA) is 44.1 Å². The standard InChI is InChI=1S/C11H18N2O/c1-8-4-5-13(10(3)6-8)11(14)9(2)7-12/h8-10H,4-6H2,1-3H3. The first-order valence-corrected chi connectivity index (χ1v) is 5.26. The zero-order valence-electron chi connectivity index (χ0n) is 9.16. The highest BCUT2D eigenvalue weighted by molar-refractivity contribution is 5.81. The summed E-state index contributed by atoms with van der Waals surface area (Å²) in [6, 6.07) is 2.30. The lowest BCUT2D eigenvalue weighted by atomic mass is 9.92. The lowest BCUT2D eigenvalue weighted by molar-refractivity contribution is -0.137. The largest absolute Gasteiger partial charge is 0.339 e. The second kappa shape index (κ2) is 4.45. The van der Waals surface area contributed by atoms with Crippen LogP contribution in [0.2, 0.25) is 0 Å². The number of rotatable bonds is 1. The van der Waals surface area contributed by atoms with Gasteiger partial charge < -0.3 is 4.90 Å². The number of likely N-dealkylation sites (tertiary alicyclic amines) is 1. The molecule has 3 atom stereocenters. The lowest BCUT2D eigenvalue weighted by Crippen LogP contribution is -2.46. The van der Waals surface area contributed by atoms with Crippen molar-refractivity contribution in [2.24, 2.45) is 11.8 Å². The lowest BCUT2D eigenvalue weighted by Gasteiger charge is -2.37. The van der Waals surface area contributed by atoms with Crippen molar-refractivity contribution >= 4 is 5.91 Å². The molecule has 3 unspecified atom stereocenters. The maximum Gasteiger partial charge on any atom is 0.239 e. The van der Waals surface area contributed by atoms with Gasteiger partial charge >= 0.3 is 0 Å². The van der Waals surface area contributed by atoms with Crippen molar-refractivity contribution in [2.45, 2.75) is 39.7 Å². The van der Waals surface area contributed by atoms with Crippen LogP contribution >= 0.6 is 0 Å². The number of hydrogen-bond acceptors (Lipinski definition) is 2. The molecule has 78 valence electrons. The van der Waals surface area contributed by atoms with E-state index in [1.54, 1.807) is 6.92 Å². The zero-order chi connectivity index (χ0) is 10.7. The van der Waals surface area contributed by atoms with Crippen molar-refractivity contribution in [1.29, 1.82) is 5.26 Å². The van der Waals surface area contributed by atoms with Crippen LogP contribution in [0.3, 0.4) is 0 Å². The minimum absolute atomic E-state index is 0.00750. The van der Waals surface area contributed by atoms with Crippen molar-refractivity contribution < 1.29 is 4.79 Å². The molecule has 0 radical (unpaired) electrons. The molecule has 0 N–H and O–H groups in total. The van der Waals surface area contributed by atoms with Crippen LogP contribution in [0, 0.1) is 23.2 Å². The molecule has 1 heterocycles. The number of nitrogens with zero attached hydrogens (tertiary/aromatic N) is 2. The van der Waals surface area contributed by atoms with Gasteiger partial charge in [0.15, 0.2) is 0 Å². The summed E-state index contributed by atoms with van der Waals surface area (Å²) in [6.45, 7) is 6.77. The fourth-order valence-corrected chi connectivity index (χ4v) is 2.04. The molecule has 1 saturated heterocycles. The van der Waals surface area contributed by atoms with Gasteiger partial charge in [-0.2, -0.15) is 5.26 Å². The summed E-state index contributed by atoms with van der Waals surface area (Å²) in [5, 5.41) is 8.68. The highest BCUT2D eigenvalue weighted by Crippen LogP contribution is 2.23. The van der Waals surface area contributed by atoms with Gasteiger partial charge in [-0.25, -0.2) is 0 Å². The molecule has 1 rings (SSSR count). The summed E-state index contributed by atoms with van der Waals surface area (Å²) >= 11 is 0. The summed E-state index contributed by atoms with van der Waals surface area (Å²) in [7, 11) is 0. The van der Waals surface area contributed by atoms with Crippen LogP contribution in [0.25, 0.3) is 0 Å². The van der Waals surface area contributed by atoms with Crippen LogP contribution < -0.4 is 0 Å². The van der Waals surface area contributed by atoms with Gasteiger partial charge in [0.2, 0.25) is 5.91 Å². The van der Waals surface area contributed by atoms with Crippen LogP contribution in [-0.4, -0.2) is 23.4 Å². The Morgan fingerprint density at radius 2 is 2.21 bits per heavy atom. The molecule has 0 spiro atoms. The summed E-state index contributed by atoms with van der Waals surface area (Å²) in [6.07, 6.45) is 2.12. The van der Waals surface area contributed by atoms with E-state index in [1.807, 2.05) is 11.0 Å². The highest BCUT2D eigenvalue weighted by Gasteiger charge is 2.29. The molecule has 0 aromatic heterocycles. The van der Waals surface area contributed by atoms with Crippen LogP contribution in [0.4, 0.5) is 0 Å². The first-order chi connectivity index (χ1) is 6.56. The van der Waals surface area contributed by atoms with E-state index in [1.165, 1.54) is 0 Å². The Balaban J connectivity index is 2.61. The molecule has 3 heteroatoms. The molecule has 0 aliphatic carbocycles. The molecule has 0 aromatic rings. The molecule has 1 aliphatic heterocycles. The predicted octanol–water partition coefficient (Wildman–Crippen LogP) is 1.79. The average molecular weight is 194 g/mol. The minimum Gasteiger partial charge on any atom is -0.339 e. The number of piperidine rings is 1. The van der Waals surface area contributed by atoms with E-state index in [4.69, 9.17) is 5.26 Å². The molecule has 0 aromatic carbocycles. The van der Waals surface area contributed by atoms with Crippen molar-refractivity contribution in [3.05, 3.63) is 0 Å². The number of nitriles is 1. The third kappa shape index (κ3) is 2.25. The van der Waals surface area contributed by atoms with Gasteiger partial charge in [-0.3, -0.25) is 4.79 Å². The quantitative estimate of drug-likeness (QED) is 0.638. The second-order valence-electron chi connectivity index (χ2n) is 4.36. The maximum absolute atomic E-state index is 11.7. The van der Waals surface area contributed by atoms with E-state index in [0.29, 0.717) is 12.0 Å². The summed E-state index contributed by atoms with van der Waals surface area (Å²) < 4.78 is 0. The third-order valence-corrected chi connectivity index (χ3v) is 2.99. The van der Waals surface area contributed by atoms with Gasteiger partial charge in [-0.1, -0.05) is 6.92 Å². The molecule has 1 aliphatic rings. The molecule has 1 fully saturated rings. The monoisotopic (exact) mass is 194 g/mol. The summed E-state index contributed by atoms with van der Waals surface area (Å²) in [5.41, 5.74) is 0. The van der Waals surface area contributed by atoms with E-state index in [0.717, 1.165) is 19.4 Å². The zero-order valence-corrected chi connectivity index (χ0v) is 9.16. The molecule has 3 nitrogen and oxygen atoms in total.